The van der Waals surface area contributed by atoms with E-state index in [2.05, 4.69) is 15.4 Å². The first-order valence-electron chi connectivity index (χ1n) is 9.41. The average molecular weight is 418 g/mol. The number of benzene rings is 3. The van der Waals surface area contributed by atoms with Crippen molar-refractivity contribution >= 4 is 11.6 Å². The summed E-state index contributed by atoms with van der Waals surface area (Å²) in [6, 6.07) is 20.2. The summed E-state index contributed by atoms with van der Waals surface area (Å²) in [7, 11) is 3.04. The molecule has 0 aliphatic heterocycles. The monoisotopic (exact) mass is 418 g/mol. The van der Waals surface area contributed by atoms with Crippen LogP contribution in [0.5, 0.6) is 11.5 Å². The molecule has 1 N–H and O–H groups in total. The molecule has 0 atom stereocenters. The lowest BCUT2D eigenvalue weighted by atomic mass is 10.2. The number of methoxy groups -OCH3 is 2. The van der Waals surface area contributed by atoms with Crippen molar-refractivity contribution in [2.24, 2.45) is 0 Å². The maximum atomic E-state index is 13.4. The van der Waals surface area contributed by atoms with Gasteiger partial charge in [-0.15, -0.1) is 5.10 Å². The number of aromatic nitrogens is 3. The van der Waals surface area contributed by atoms with Crippen LogP contribution in [0.2, 0.25) is 0 Å². The third-order valence-electron chi connectivity index (χ3n) is 4.57. The molecule has 1 aromatic heterocycles. The number of carbonyl (C=O) groups excluding carboxylic acids is 1. The normalized spacial score (nSPS) is 10.5. The Morgan fingerprint density at radius 1 is 0.968 bits per heavy atom. The fourth-order valence-corrected chi connectivity index (χ4v) is 3.03. The van der Waals surface area contributed by atoms with E-state index in [1.54, 1.807) is 35.0 Å². The summed E-state index contributed by atoms with van der Waals surface area (Å²) in [5, 5.41) is 7.16. The highest BCUT2D eigenvalue weighted by Gasteiger charge is 2.20. The first kappa shape index (κ1) is 20.1. The van der Waals surface area contributed by atoms with Crippen LogP contribution >= 0.6 is 0 Å². The molecular formula is C23H19FN4O3. The highest BCUT2D eigenvalue weighted by Crippen LogP contribution is 2.29. The van der Waals surface area contributed by atoms with Crippen LogP contribution < -0.4 is 14.8 Å². The molecule has 7 nitrogen and oxygen atoms in total. The van der Waals surface area contributed by atoms with Crippen molar-refractivity contribution < 1.29 is 18.7 Å². The molecule has 8 heteroatoms. The fourth-order valence-electron chi connectivity index (χ4n) is 3.03. The second-order valence-corrected chi connectivity index (χ2v) is 6.53. The molecule has 0 fully saturated rings. The molecule has 4 aromatic rings. The summed E-state index contributed by atoms with van der Waals surface area (Å²) in [4.78, 5) is 17.4. The quantitative estimate of drug-likeness (QED) is 0.504. The van der Waals surface area contributed by atoms with E-state index in [0.29, 0.717) is 34.3 Å². The third kappa shape index (κ3) is 4.23. The summed E-state index contributed by atoms with van der Waals surface area (Å²) in [6.07, 6.45) is 0. The third-order valence-corrected chi connectivity index (χ3v) is 4.57. The number of para-hydroxylation sites is 1. The first-order valence-corrected chi connectivity index (χ1v) is 9.41. The van der Waals surface area contributed by atoms with Crippen molar-refractivity contribution in [2.75, 3.05) is 19.5 Å². The zero-order valence-electron chi connectivity index (χ0n) is 16.9. The molecule has 1 amide bonds. The lowest BCUT2D eigenvalue weighted by molar-refractivity contribution is 0.101. The van der Waals surface area contributed by atoms with Gasteiger partial charge in [0.05, 0.1) is 25.6 Å². The van der Waals surface area contributed by atoms with Gasteiger partial charge in [0.2, 0.25) is 5.82 Å². The average Bonchev–Trinajstić information content (AvgIpc) is 3.26. The number of ether oxygens (including phenoxy) is 2. The first-order chi connectivity index (χ1) is 15.1. The van der Waals surface area contributed by atoms with Crippen LogP contribution in [0.3, 0.4) is 0 Å². The zero-order chi connectivity index (χ0) is 21.8. The Balaban J connectivity index is 1.74. The van der Waals surface area contributed by atoms with Crippen LogP contribution in [-0.2, 0) is 0 Å². The van der Waals surface area contributed by atoms with Gasteiger partial charge in [0.25, 0.3) is 5.91 Å². The Hall–Kier alpha value is -4.20. The van der Waals surface area contributed by atoms with Crippen LogP contribution in [0.4, 0.5) is 10.1 Å². The van der Waals surface area contributed by atoms with Crippen molar-refractivity contribution in [1.29, 1.82) is 0 Å². The number of hydrogen-bond donors (Lipinski definition) is 1. The number of rotatable bonds is 6. The molecule has 0 saturated heterocycles. The van der Waals surface area contributed by atoms with E-state index in [-0.39, 0.29) is 11.6 Å². The van der Waals surface area contributed by atoms with Gasteiger partial charge in [0, 0.05) is 11.6 Å². The molecule has 0 radical (unpaired) electrons. The van der Waals surface area contributed by atoms with Gasteiger partial charge < -0.3 is 14.8 Å². The van der Waals surface area contributed by atoms with Crippen molar-refractivity contribution in [1.82, 2.24) is 14.8 Å². The number of nitrogens with one attached hydrogen (secondary N) is 1. The highest BCUT2D eigenvalue weighted by molar-refractivity contribution is 6.02. The van der Waals surface area contributed by atoms with E-state index < -0.39 is 5.91 Å². The minimum absolute atomic E-state index is 0.0481. The minimum Gasteiger partial charge on any atom is -0.497 e. The van der Waals surface area contributed by atoms with Crippen LogP contribution in [-0.4, -0.2) is 34.9 Å². The van der Waals surface area contributed by atoms with Gasteiger partial charge in [-0.3, -0.25) is 4.79 Å². The molecule has 3 aromatic carbocycles. The standard InChI is InChI=1S/C23H19FN4O3/c1-30-18-12-13-20(31-2)19(14-18)25-23(29)21-26-22(15-8-10-16(24)11-9-15)28(27-21)17-6-4-3-5-7-17/h3-14H,1-2H3,(H,25,29). The van der Waals surface area contributed by atoms with Crippen molar-refractivity contribution in [2.45, 2.75) is 0 Å². The largest absolute Gasteiger partial charge is 0.497 e. The summed E-state index contributed by atoms with van der Waals surface area (Å²) in [5.41, 5.74) is 1.76. The number of nitrogens with zero attached hydrogens (tertiary/aromatic N) is 3. The van der Waals surface area contributed by atoms with Gasteiger partial charge in [-0.1, -0.05) is 18.2 Å². The van der Waals surface area contributed by atoms with Crippen LogP contribution in [0.25, 0.3) is 17.1 Å². The lowest BCUT2D eigenvalue weighted by Crippen LogP contribution is -2.15. The molecular weight excluding hydrogens is 399 g/mol. The van der Waals surface area contributed by atoms with Crippen molar-refractivity contribution in [3.63, 3.8) is 0 Å². The predicted octanol–water partition coefficient (Wildman–Crippen LogP) is 4.34. The van der Waals surface area contributed by atoms with E-state index in [4.69, 9.17) is 9.47 Å². The Morgan fingerprint density at radius 2 is 1.71 bits per heavy atom. The number of hydrogen-bond acceptors (Lipinski definition) is 5. The van der Waals surface area contributed by atoms with Gasteiger partial charge in [-0.2, -0.15) is 0 Å². The zero-order valence-corrected chi connectivity index (χ0v) is 16.9. The predicted molar refractivity (Wildman–Crippen MR) is 114 cm³/mol. The van der Waals surface area contributed by atoms with Crippen molar-refractivity contribution in [3.8, 4) is 28.6 Å². The molecule has 0 bridgehead atoms. The summed E-state index contributed by atoms with van der Waals surface area (Å²) in [5.74, 6) is 0.505. The van der Waals surface area contributed by atoms with Crippen LogP contribution in [0.1, 0.15) is 10.6 Å². The lowest BCUT2D eigenvalue weighted by Gasteiger charge is -2.10. The topological polar surface area (TPSA) is 78.3 Å². The molecule has 4 rings (SSSR count). The van der Waals surface area contributed by atoms with Gasteiger partial charge in [0.15, 0.2) is 5.82 Å². The van der Waals surface area contributed by atoms with Crippen LogP contribution in [0.15, 0.2) is 72.8 Å². The number of halogens is 1. The maximum absolute atomic E-state index is 13.4. The number of carbonyl (C=O) groups is 1. The molecule has 0 unspecified atom stereocenters. The molecule has 0 aliphatic carbocycles. The molecule has 156 valence electrons. The van der Waals surface area contributed by atoms with Crippen molar-refractivity contribution in [3.05, 3.63) is 84.4 Å². The summed E-state index contributed by atoms with van der Waals surface area (Å²) < 4.78 is 25.5. The molecule has 31 heavy (non-hydrogen) atoms. The smallest absolute Gasteiger partial charge is 0.295 e. The Labute approximate surface area is 178 Å². The maximum Gasteiger partial charge on any atom is 0.295 e. The fraction of sp³-hybridized carbons (Fsp3) is 0.0870. The number of anilines is 1. The summed E-state index contributed by atoms with van der Waals surface area (Å²) >= 11 is 0. The Kier molecular flexibility index (Phi) is 5.61. The molecule has 1 heterocycles. The Morgan fingerprint density at radius 3 is 2.39 bits per heavy atom. The second kappa shape index (κ2) is 8.66. The van der Waals surface area contributed by atoms with E-state index in [1.807, 2.05) is 30.3 Å². The molecule has 0 saturated carbocycles. The molecule has 0 aliphatic rings. The van der Waals surface area contributed by atoms with E-state index in [1.165, 1.54) is 26.4 Å². The van der Waals surface area contributed by atoms with Gasteiger partial charge in [-0.25, -0.2) is 14.1 Å². The van der Waals surface area contributed by atoms with E-state index in [9.17, 15) is 9.18 Å². The van der Waals surface area contributed by atoms with Gasteiger partial charge >= 0.3 is 0 Å². The Bertz CT molecular complexity index is 1210. The number of amides is 1. The van der Waals surface area contributed by atoms with Gasteiger partial charge in [0.1, 0.15) is 17.3 Å². The van der Waals surface area contributed by atoms with Gasteiger partial charge in [-0.05, 0) is 48.5 Å². The second-order valence-electron chi connectivity index (χ2n) is 6.53. The minimum atomic E-state index is -0.524. The van der Waals surface area contributed by atoms with E-state index >= 15 is 0 Å². The molecule has 0 spiro atoms. The van der Waals surface area contributed by atoms with E-state index in [0.717, 1.165) is 0 Å². The van der Waals surface area contributed by atoms with Crippen LogP contribution in [0, 0.1) is 5.82 Å². The summed E-state index contributed by atoms with van der Waals surface area (Å²) in [6.45, 7) is 0. The SMILES string of the molecule is COc1ccc(OC)c(NC(=O)c2nc(-c3ccc(F)cc3)n(-c3ccccc3)n2)c1. The highest BCUT2D eigenvalue weighted by atomic mass is 19.1.